The molecule has 1 aromatic rings. The summed E-state index contributed by atoms with van der Waals surface area (Å²) in [5.41, 5.74) is 2.77. The lowest BCUT2D eigenvalue weighted by Crippen LogP contribution is -2.29. The predicted octanol–water partition coefficient (Wildman–Crippen LogP) is 2.75. The number of sulfonamides is 1. The first-order valence-electron chi connectivity index (χ1n) is 6.88. The van der Waals surface area contributed by atoms with Gasteiger partial charge in [-0.2, -0.15) is 0 Å². The Morgan fingerprint density at radius 1 is 1.21 bits per heavy atom. The van der Waals surface area contributed by atoms with Gasteiger partial charge in [0.1, 0.15) is 0 Å². The average Bonchev–Trinajstić information content (AvgIpc) is 2.42. The number of nitrogens with one attached hydrogen (secondary N) is 1. The van der Waals surface area contributed by atoms with Crippen LogP contribution in [0.3, 0.4) is 0 Å². The summed E-state index contributed by atoms with van der Waals surface area (Å²) in [7, 11) is -3.21. The zero-order valence-electron chi connectivity index (χ0n) is 11.6. The summed E-state index contributed by atoms with van der Waals surface area (Å²) in [6.07, 6.45) is 3.71. The number of hydrogen-bond acceptors (Lipinski definition) is 3. The third kappa shape index (κ3) is 3.62. The van der Waals surface area contributed by atoms with Gasteiger partial charge in [-0.05, 0) is 50.8 Å². The van der Waals surface area contributed by atoms with Gasteiger partial charge in [-0.15, -0.1) is 0 Å². The van der Waals surface area contributed by atoms with E-state index < -0.39 is 10.0 Å². The maximum absolute atomic E-state index is 11.7. The molecule has 1 aliphatic heterocycles. The molecule has 1 N–H and O–H groups in total. The summed E-state index contributed by atoms with van der Waals surface area (Å²) >= 11 is 0. The molecule has 106 valence electrons. The van der Waals surface area contributed by atoms with Crippen molar-refractivity contribution >= 4 is 21.4 Å². The van der Waals surface area contributed by atoms with Gasteiger partial charge in [0.25, 0.3) is 0 Å². The van der Waals surface area contributed by atoms with E-state index in [0.717, 1.165) is 24.3 Å². The summed E-state index contributed by atoms with van der Waals surface area (Å²) in [5, 5.41) is 0. The molecule has 5 heteroatoms. The van der Waals surface area contributed by atoms with Crippen LogP contribution in [0.5, 0.6) is 0 Å². The first-order chi connectivity index (χ1) is 9.02. The Labute approximate surface area is 115 Å². The molecule has 2 rings (SSSR count). The van der Waals surface area contributed by atoms with Crippen molar-refractivity contribution in [3.8, 4) is 0 Å². The number of aryl methyl sites for hydroxylation is 1. The lowest BCUT2D eigenvalue weighted by molar-refractivity contribution is 0.578. The van der Waals surface area contributed by atoms with Crippen molar-refractivity contribution in [1.29, 1.82) is 0 Å². The fraction of sp³-hybridized carbons (Fsp3) is 0.571. The van der Waals surface area contributed by atoms with Crippen LogP contribution >= 0.6 is 0 Å². The molecule has 0 radical (unpaired) electrons. The predicted molar refractivity (Wildman–Crippen MR) is 80.3 cm³/mol. The van der Waals surface area contributed by atoms with Crippen molar-refractivity contribution < 1.29 is 8.42 Å². The van der Waals surface area contributed by atoms with E-state index in [4.69, 9.17) is 0 Å². The van der Waals surface area contributed by atoms with E-state index in [1.54, 1.807) is 6.92 Å². The standard InChI is InChI=1S/C14H22N2O2S/c1-3-19(17,18)15-14-11-13(8-7-12(14)2)16-9-5-4-6-10-16/h7-8,11,15H,3-6,9-10H2,1-2H3. The van der Waals surface area contributed by atoms with Crippen LogP contribution in [0.15, 0.2) is 18.2 Å². The molecule has 1 aromatic carbocycles. The van der Waals surface area contributed by atoms with Gasteiger partial charge in [0, 0.05) is 18.8 Å². The maximum atomic E-state index is 11.7. The molecule has 0 unspecified atom stereocenters. The fourth-order valence-corrected chi connectivity index (χ4v) is 3.01. The van der Waals surface area contributed by atoms with Crippen LogP contribution < -0.4 is 9.62 Å². The molecule has 0 bridgehead atoms. The van der Waals surface area contributed by atoms with Gasteiger partial charge in [-0.25, -0.2) is 8.42 Å². The molecule has 19 heavy (non-hydrogen) atoms. The van der Waals surface area contributed by atoms with Gasteiger partial charge in [0.15, 0.2) is 0 Å². The average molecular weight is 282 g/mol. The number of anilines is 2. The lowest BCUT2D eigenvalue weighted by atomic mass is 10.1. The molecule has 1 fully saturated rings. The van der Waals surface area contributed by atoms with Crippen LogP contribution in [0, 0.1) is 6.92 Å². The Morgan fingerprint density at radius 2 is 1.89 bits per heavy atom. The Hall–Kier alpha value is -1.23. The number of piperidine rings is 1. The van der Waals surface area contributed by atoms with Crippen molar-refractivity contribution in [2.24, 2.45) is 0 Å². The van der Waals surface area contributed by atoms with Crippen molar-refractivity contribution in [2.75, 3.05) is 28.5 Å². The van der Waals surface area contributed by atoms with Gasteiger partial charge >= 0.3 is 0 Å². The van der Waals surface area contributed by atoms with E-state index in [9.17, 15) is 8.42 Å². The molecule has 0 spiro atoms. The highest BCUT2D eigenvalue weighted by Crippen LogP contribution is 2.26. The third-order valence-corrected chi connectivity index (χ3v) is 4.88. The SMILES string of the molecule is CCS(=O)(=O)Nc1cc(N2CCCCC2)ccc1C. The molecule has 0 amide bonds. The Bertz CT molecular complexity index is 534. The first kappa shape index (κ1) is 14.2. The van der Waals surface area contributed by atoms with Gasteiger partial charge in [0.2, 0.25) is 10.0 Å². The van der Waals surface area contributed by atoms with E-state index in [1.807, 2.05) is 19.1 Å². The molecular formula is C14H22N2O2S. The monoisotopic (exact) mass is 282 g/mol. The van der Waals surface area contributed by atoms with E-state index in [0.29, 0.717) is 5.69 Å². The summed E-state index contributed by atoms with van der Waals surface area (Å²) in [6, 6.07) is 6.01. The third-order valence-electron chi connectivity index (χ3n) is 3.59. The quantitative estimate of drug-likeness (QED) is 0.924. The van der Waals surface area contributed by atoms with Gasteiger partial charge in [-0.1, -0.05) is 6.07 Å². The van der Waals surface area contributed by atoms with Crippen molar-refractivity contribution in [3.63, 3.8) is 0 Å². The number of hydrogen-bond donors (Lipinski definition) is 1. The van der Waals surface area contributed by atoms with Crippen LogP contribution in [-0.2, 0) is 10.0 Å². The van der Waals surface area contributed by atoms with Crippen LogP contribution in [0.25, 0.3) is 0 Å². The second kappa shape index (κ2) is 5.82. The number of benzene rings is 1. The summed E-state index contributed by atoms with van der Waals surface area (Å²) in [4.78, 5) is 2.33. The molecule has 1 heterocycles. The van der Waals surface area contributed by atoms with Crippen molar-refractivity contribution in [3.05, 3.63) is 23.8 Å². The van der Waals surface area contributed by atoms with Gasteiger partial charge in [-0.3, -0.25) is 4.72 Å². The second-order valence-electron chi connectivity index (χ2n) is 5.05. The van der Waals surface area contributed by atoms with Crippen LogP contribution in [-0.4, -0.2) is 27.3 Å². The van der Waals surface area contributed by atoms with Gasteiger partial charge in [0.05, 0.1) is 11.4 Å². The number of nitrogens with zero attached hydrogens (tertiary/aromatic N) is 1. The van der Waals surface area contributed by atoms with E-state index in [1.165, 1.54) is 19.3 Å². The minimum Gasteiger partial charge on any atom is -0.371 e. The summed E-state index contributed by atoms with van der Waals surface area (Å²) in [5.74, 6) is 0.0976. The topological polar surface area (TPSA) is 49.4 Å². The van der Waals surface area contributed by atoms with E-state index in [2.05, 4.69) is 15.7 Å². The summed E-state index contributed by atoms with van der Waals surface area (Å²) < 4.78 is 26.0. The first-order valence-corrected chi connectivity index (χ1v) is 8.53. The minimum absolute atomic E-state index is 0.0976. The second-order valence-corrected chi connectivity index (χ2v) is 7.06. The van der Waals surface area contributed by atoms with Crippen LogP contribution in [0.4, 0.5) is 11.4 Å². The maximum Gasteiger partial charge on any atom is 0.232 e. The zero-order chi connectivity index (χ0) is 13.9. The van der Waals surface area contributed by atoms with Crippen molar-refractivity contribution in [2.45, 2.75) is 33.1 Å². The Morgan fingerprint density at radius 3 is 2.53 bits per heavy atom. The molecule has 0 aromatic heterocycles. The largest absolute Gasteiger partial charge is 0.371 e. The van der Waals surface area contributed by atoms with E-state index in [-0.39, 0.29) is 5.75 Å². The van der Waals surface area contributed by atoms with Crippen LogP contribution in [0.2, 0.25) is 0 Å². The Kier molecular flexibility index (Phi) is 4.34. The lowest BCUT2D eigenvalue weighted by Gasteiger charge is -2.29. The fourth-order valence-electron chi connectivity index (χ4n) is 2.31. The number of rotatable bonds is 4. The zero-order valence-corrected chi connectivity index (χ0v) is 12.5. The molecule has 0 aliphatic carbocycles. The molecule has 0 atom stereocenters. The van der Waals surface area contributed by atoms with Crippen LogP contribution in [0.1, 0.15) is 31.7 Å². The van der Waals surface area contributed by atoms with Crippen molar-refractivity contribution in [1.82, 2.24) is 0 Å². The van der Waals surface area contributed by atoms with Gasteiger partial charge < -0.3 is 4.90 Å². The molecule has 0 saturated carbocycles. The molecule has 4 nitrogen and oxygen atoms in total. The highest BCUT2D eigenvalue weighted by atomic mass is 32.2. The highest BCUT2D eigenvalue weighted by Gasteiger charge is 2.14. The van der Waals surface area contributed by atoms with E-state index >= 15 is 0 Å². The molecule has 1 saturated heterocycles. The minimum atomic E-state index is -3.21. The molecular weight excluding hydrogens is 260 g/mol. The normalized spacial score (nSPS) is 16.4. The summed E-state index contributed by atoms with van der Waals surface area (Å²) in [6.45, 7) is 5.69. The molecule has 1 aliphatic rings. The smallest absolute Gasteiger partial charge is 0.232 e. The highest BCUT2D eigenvalue weighted by molar-refractivity contribution is 7.92. The Balaban J connectivity index is 2.24.